The van der Waals surface area contributed by atoms with E-state index < -0.39 is 0 Å². The van der Waals surface area contributed by atoms with Crippen molar-refractivity contribution in [1.82, 2.24) is 10.2 Å². The molecule has 18 heavy (non-hydrogen) atoms. The quantitative estimate of drug-likeness (QED) is 0.874. The van der Waals surface area contributed by atoms with Crippen LogP contribution in [-0.2, 0) is 0 Å². The van der Waals surface area contributed by atoms with Crippen LogP contribution in [0.2, 0.25) is 5.02 Å². The van der Waals surface area contributed by atoms with Gasteiger partial charge in [0, 0.05) is 35.7 Å². The van der Waals surface area contributed by atoms with E-state index >= 15 is 0 Å². The smallest absolute Gasteiger partial charge is 0.0629 e. The monoisotopic (exact) mass is 354 g/mol. The number of nitrogens with zero attached hydrogens (tertiary/aromatic N) is 1. The molecule has 0 radical (unpaired) electrons. The Morgan fingerprint density at radius 1 is 1.39 bits per heavy atom. The van der Waals surface area contributed by atoms with Gasteiger partial charge in [-0.05, 0) is 17.7 Å². The minimum atomic E-state index is -0.00213. The molecule has 0 spiro atoms. The van der Waals surface area contributed by atoms with Gasteiger partial charge in [0.15, 0.2) is 0 Å². The Labute approximate surface area is 127 Å². The lowest BCUT2D eigenvalue weighted by atomic mass is 10.1. The summed E-state index contributed by atoms with van der Waals surface area (Å²) in [6, 6.07) is 5.82. The van der Waals surface area contributed by atoms with E-state index in [0.717, 1.165) is 36.2 Å². The average molecular weight is 356 g/mol. The second-order valence-corrected chi connectivity index (χ2v) is 5.47. The lowest BCUT2D eigenvalue weighted by Crippen LogP contribution is -2.46. The molecule has 1 heterocycles. The molecule has 2 rings (SSSR count). The molecule has 1 aromatic carbocycles. The molecule has 0 saturated carbocycles. The molecular weight excluding hydrogens is 339 g/mol. The summed E-state index contributed by atoms with van der Waals surface area (Å²) < 4.78 is 0.961. The summed E-state index contributed by atoms with van der Waals surface area (Å²) in [6.45, 7) is 3.91. The summed E-state index contributed by atoms with van der Waals surface area (Å²) in [5, 5.41) is 13.6. The topological polar surface area (TPSA) is 35.5 Å². The number of aliphatic hydroxyl groups is 1. The van der Waals surface area contributed by atoms with Gasteiger partial charge in [0.25, 0.3) is 0 Å². The zero-order valence-electron chi connectivity index (χ0n) is 9.90. The standard InChI is InChI=1S/C12H16BrClN2O.ClH/c13-9-1-2-10(11(14)7-9)12(8-17)16-5-3-15-4-6-16;/h1-2,7,12,15,17H,3-6,8H2;1H/t12-;/m1./s1. The molecule has 102 valence electrons. The predicted molar refractivity (Wildman–Crippen MR) is 80.7 cm³/mol. The van der Waals surface area contributed by atoms with Gasteiger partial charge >= 0.3 is 0 Å². The molecule has 3 nitrogen and oxygen atoms in total. The third kappa shape index (κ3) is 3.83. The predicted octanol–water partition coefficient (Wildman–Crippen LogP) is 2.46. The van der Waals surface area contributed by atoms with Gasteiger partial charge in [-0.1, -0.05) is 33.6 Å². The van der Waals surface area contributed by atoms with Crippen LogP contribution in [0.15, 0.2) is 22.7 Å². The van der Waals surface area contributed by atoms with E-state index in [4.69, 9.17) is 11.6 Å². The summed E-state index contributed by atoms with van der Waals surface area (Å²) in [5.41, 5.74) is 0.999. The maximum Gasteiger partial charge on any atom is 0.0629 e. The van der Waals surface area contributed by atoms with Crippen molar-refractivity contribution >= 4 is 39.9 Å². The molecule has 1 aliphatic rings. The van der Waals surface area contributed by atoms with Gasteiger partial charge in [0.05, 0.1) is 12.6 Å². The Kier molecular flexibility index (Phi) is 6.92. The molecule has 0 aliphatic carbocycles. The first-order chi connectivity index (χ1) is 8.22. The Morgan fingerprint density at radius 3 is 2.61 bits per heavy atom. The van der Waals surface area contributed by atoms with Crippen LogP contribution < -0.4 is 5.32 Å². The second kappa shape index (κ2) is 7.68. The Morgan fingerprint density at radius 2 is 2.06 bits per heavy atom. The fraction of sp³-hybridized carbons (Fsp3) is 0.500. The van der Waals surface area contributed by atoms with E-state index in [1.54, 1.807) is 0 Å². The Bertz CT molecular complexity index is 386. The molecular formula is C12H17BrCl2N2O. The van der Waals surface area contributed by atoms with Gasteiger partial charge in [-0.3, -0.25) is 4.90 Å². The molecule has 1 saturated heterocycles. The van der Waals surface area contributed by atoms with Crippen LogP contribution in [-0.4, -0.2) is 42.8 Å². The van der Waals surface area contributed by atoms with Crippen molar-refractivity contribution in [2.75, 3.05) is 32.8 Å². The first-order valence-electron chi connectivity index (χ1n) is 5.73. The highest BCUT2D eigenvalue weighted by atomic mass is 79.9. The molecule has 1 fully saturated rings. The highest BCUT2D eigenvalue weighted by molar-refractivity contribution is 9.10. The fourth-order valence-corrected chi connectivity index (χ4v) is 2.98. The van der Waals surface area contributed by atoms with Crippen LogP contribution in [0, 0.1) is 0 Å². The number of rotatable bonds is 3. The third-order valence-corrected chi connectivity index (χ3v) is 3.91. The normalized spacial score (nSPS) is 18.2. The van der Waals surface area contributed by atoms with Gasteiger partial charge < -0.3 is 10.4 Å². The number of benzene rings is 1. The number of hydrogen-bond donors (Lipinski definition) is 2. The highest BCUT2D eigenvalue weighted by Gasteiger charge is 2.23. The molecule has 1 aromatic rings. The summed E-state index contributed by atoms with van der Waals surface area (Å²) in [4.78, 5) is 2.27. The zero-order chi connectivity index (χ0) is 12.3. The Balaban J connectivity index is 0.00000162. The first-order valence-corrected chi connectivity index (χ1v) is 6.90. The van der Waals surface area contributed by atoms with E-state index in [1.807, 2.05) is 18.2 Å². The van der Waals surface area contributed by atoms with E-state index in [2.05, 4.69) is 26.1 Å². The largest absolute Gasteiger partial charge is 0.394 e. The van der Waals surface area contributed by atoms with E-state index in [-0.39, 0.29) is 25.1 Å². The lowest BCUT2D eigenvalue weighted by molar-refractivity contribution is 0.111. The van der Waals surface area contributed by atoms with Gasteiger partial charge in [-0.15, -0.1) is 12.4 Å². The summed E-state index contributed by atoms with van der Waals surface area (Å²) in [7, 11) is 0. The van der Waals surface area contributed by atoms with Crippen LogP contribution >= 0.6 is 39.9 Å². The summed E-state index contributed by atoms with van der Waals surface area (Å²) in [5.74, 6) is 0. The molecule has 1 atom stereocenters. The van der Waals surface area contributed by atoms with Crippen molar-refractivity contribution < 1.29 is 5.11 Å². The van der Waals surface area contributed by atoms with Gasteiger partial charge in [0.2, 0.25) is 0 Å². The van der Waals surface area contributed by atoms with Crippen LogP contribution in [0.25, 0.3) is 0 Å². The van der Waals surface area contributed by atoms with Crippen LogP contribution in [0.5, 0.6) is 0 Å². The number of hydrogen-bond acceptors (Lipinski definition) is 3. The van der Waals surface area contributed by atoms with Crippen molar-refractivity contribution in [3.8, 4) is 0 Å². The SMILES string of the molecule is Cl.OC[C@H](c1ccc(Br)cc1Cl)N1CCNCC1. The first kappa shape index (κ1) is 16.2. The van der Waals surface area contributed by atoms with E-state index in [1.165, 1.54) is 0 Å². The molecule has 6 heteroatoms. The zero-order valence-corrected chi connectivity index (χ0v) is 13.1. The maximum atomic E-state index is 9.59. The highest BCUT2D eigenvalue weighted by Crippen LogP contribution is 2.29. The van der Waals surface area contributed by atoms with Gasteiger partial charge in [0.1, 0.15) is 0 Å². The van der Waals surface area contributed by atoms with Gasteiger partial charge in [-0.2, -0.15) is 0 Å². The molecule has 0 unspecified atom stereocenters. The molecule has 2 N–H and O–H groups in total. The average Bonchev–Trinajstić information content (AvgIpc) is 2.34. The Hall–Kier alpha value is 0.160. The summed E-state index contributed by atoms with van der Waals surface area (Å²) in [6.07, 6.45) is 0. The molecule has 0 aromatic heterocycles. The third-order valence-electron chi connectivity index (χ3n) is 3.09. The summed E-state index contributed by atoms with van der Waals surface area (Å²) >= 11 is 9.63. The van der Waals surface area contributed by atoms with E-state index in [0.29, 0.717) is 5.02 Å². The van der Waals surface area contributed by atoms with Crippen molar-refractivity contribution in [3.05, 3.63) is 33.3 Å². The second-order valence-electron chi connectivity index (χ2n) is 4.15. The van der Waals surface area contributed by atoms with Crippen molar-refractivity contribution in [2.24, 2.45) is 0 Å². The van der Waals surface area contributed by atoms with Crippen molar-refractivity contribution in [3.63, 3.8) is 0 Å². The molecule has 0 amide bonds. The molecule has 0 bridgehead atoms. The number of halogens is 3. The lowest BCUT2D eigenvalue weighted by Gasteiger charge is -2.34. The van der Waals surface area contributed by atoms with Crippen molar-refractivity contribution in [1.29, 1.82) is 0 Å². The maximum absolute atomic E-state index is 9.59. The van der Waals surface area contributed by atoms with Crippen LogP contribution in [0.3, 0.4) is 0 Å². The fourth-order valence-electron chi connectivity index (χ4n) is 2.18. The number of nitrogens with one attached hydrogen (secondary N) is 1. The van der Waals surface area contributed by atoms with Crippen LogP contribution in [0.1, 0.15) is 11.6 Å². The van der Waals surface area contributed by atoms with Gasteiger partial charge in [-0.25, -0.2) is 0 Å². The van der Waals surface area contributed by atoms with Crippen LogP contribution in [0.4, 0.5) is 0 Å². The number of piperazine rings is 1. The number of aliphatic hydroxyl groups excluding tert-OH is 1. The molecule has 1 aliphatic heterocycles. The van der Waals surface area contributed by atoms with Crippen molar-refractivity contribution in [2.45, 2.75) is 6.04 Å². The minimum Gasteiger partial charge on any atom is -0.394 e. The minimum absolute atomic E-state index is 0. The van der Waals surface area contributed by atoms with E-state index in [9.17, 15) is 5.11 Å².